The van der Waals surface area contributed by atoms with Crippen LogP contribution in [-0.4, -0.2) is 106 Å². The minimum atomic E-state index is -4.27. The number of carbonyl (C=O) groups is 2. The van der Waals surface area contributed by atoms with Crippen molar-refractivity contribution in [1.82, 2.24) is 25.6 Å². The molecule has 0 saturated carbocycles. The molecule has 0 radical (unpaired) electrons. The van der Waals surface area contributed by atoms with Crippen LogP contribution in [0.4, 0.5) is 10.5 Å². The predicted molar refractivity (Wildman–Crippen MR) is 226 cm³/mol. The van der Waals surface area contributed by atoms with Gasteiger partial charge in [0.2, 0.25) is 5.91 Å². The van der Waals surface area contributed by atoms with Crippen molar-refractivity contribution in [2.75, 3.05) is 77.9 Å². The number of amides is 2. The van der Waals surface area contributed by atoms with Gasteiger partial charge in [-0.2, -0.15) is 0 Å². The summed E-state index contributed by atoms with van der Waals surface area (Å²) in [6.07, 6.45) is 3.33. The Kier molecular flexibility index (Phi) is 22.1. The number of aromatic nitrogens is 3. The summed E-state index contributed by atoms with van der Waals surface area (Å²) < 4.78 is 61.6. The Balaban J connectivity index is 1.11. The molecule has 0 spiro atoms. The highest BCUT2D eigenvalue weighted by Crippen LogP contribution is 2.59. The number of nitrogens with zero attached hydrogens (tertiary/aromatic N) is 3. The normalized spacial score (nSPS) is 11.7. The molecule has 0 fully saturated rings. The standard InChI is InChI=1S/C41H57N8O11P/c1-2-3-14-38(50)44-19-21-53-23-25-55-26-24-54-22-20-49-31-35(47-48-49)32-57-28-27-56-29-30-58-41(51)46-39(33-15-17-34(18-16-33)45-40(42)43)61(52,59-36-10-6-4-7-11-36)60-37-12-8-5-9-13-37/h4-13,15-18,31,39H,2-3,14,19-30,32H2,1H3,(H,44,50)(H,46,51)(H4,42,43,45). The molecule has 1 heterocycles. The Bertz CT molecular complexity index is 1850. The molecule has 1 unspecified atom stereocenters. The van der Waals surface area contributed by atoms with Gasteiger partial charge in [-0.05, 0) is 48.4 Å². The van der Waals surface area contributed by atoms with E-state index in [4.69, 9.17) is 48.6 Å². The molecule has 0 bridgehead atoms. The van der Waals surface area contributed by atoms with Crippen LogP contribution in [0.1, 0.15) is 43.2 Å². The Morgan fingerprint density at radius 2 is 1.34 bits per heavy atom. The maximum absolute atomic E-state index is 14.7. The van der Waals surface area contributed by atoms with E-state index in [0.29, 0.717) is 76.1 Å². The van der Waals surface area contributed by atoms with Gasteiger partial charge in [-0.25, -0.2) is 14.0 Å². The maximum Gasteiger partial charge on any atom is 0.457 e. The zero-order valence-corrected chi connectivity index (χ0v) is 35.3. The molecular formula is C41H57N8O11P. The van der Waals surface area contributed by atoms with E-state index in [9.17, 15) is 14.2 Å². The molecule has 20 heteroatoms. The molecule has 0 aliphatic rings. The SMILES string of the molecule is CCCCC(=O)NCCOCCOCCOCCn1cc(COCCOCCOC(=O)NC(c2ccc(NC(=N)N)cc2)P(=O)(Oc2ccccc2)Oc2ccccc2)nn1. The van der Waals surface area contributed by atoms with Crippen molar-refractivity contribution in [3.05, 3.63) is 102 Å². The van der Waals surface area contributed by atoms with Crippen molar-refractivity contribution in [2.45, 2.75) is 45.1 Å². The highest BCUT2D eigenvalue weighted by Gasteiger charge is 2.42. The topological polar surface area (TPSA) is 242 Å². The zero-order chi connectivity index (χ0) is 43.4. The summed E-state index contributed by atoms with van der Waals surface area (Å²) in [5.74, 6) is -1.01. The molecule has 0 aliphatic heterocycles. The van der Waals surface area contributed by atoms with Crippen LogP contribution in [0.3, 0.4) is 0 Å². The Morgan fingerprint density at radius 1 is 0.770 bits per heavy atom. The first-order chi connectivity index (χ1) is 29.7. The quantitative estimate of drug-likeness (QED) is 0.0188. The highest BCUT2D eigenvalue weighted by molar-refractivity contribution is 7.55. The number of guanidine groups is 1. The van der Waals surface area contributed by atoms with E-state index < -0.39 is 19.5 Å². The summed E-state index contributed by atoms with van der Waals surface area (Å²) in [5.41, 5.74) is 7.00. The van der Waals surface area contributed by atoms with E-state index in [0.717, 1.165) is 12.8 Å². The smallest absolute Gasteiger partial charge is 0.447 e. The van der Waals surface area contributed by atoms with Gasteiger partial charge in [-0.15, -0.1) is 5.10 Å². The Labute approximate surface area is 355 Å². The second kappa shape index (κ2) is 28.1. The summed E-state index contributed by atoms with van der Waals surface area (Å²) in [5, 5.41) is 23.9. The molecule has 2 amide bonds. The number of rotatable bonds is 31. The van der Waals surface area contributed by atoms with Gasteiger partial charge < -0.3 is 59.2 Å². The number of hydrogen-bond acceptors (Lipinski definition) is 14. The van der Waals surface area contributed by atoms with Gasteiger partial charge in [0.05, 0.1) is 78.8 Å². The van der Waals surface area contributed by atoms with Gasteiger partial charge in [0.25, 0.3) is 0 Å². The largest absolute Gasteiger partial charge is 0.457 e. The fourth-order valence-corrected chi connectivity index (χ4v) is 7.16. The lowest BCUT2D eigenvalue weighted by atomic mass is 10.2. The van der Waals surface area contributed by atoms with E-state index in [1.54, 1.807) is 95.8 Å². The van der Waals surface area contributed by atoms with Gasteiger partial charge in [-0.1, -0.05) is 67.1 Å². The molecule has 1 atom stereocenters. The number of alkyl carbamates (subject to hydrolysis) is 1. The fraction of sp³-hybridized carbons (Fsp3) is 0.439. The number of unbranched alkanes of at least 4 members (excludes halogenated alkanes) is 1. The molecular weight excluding hydrogens is 811 g/mol. The first-order valence-corrected chi connectivity index (χ1v) is 21.6. The van der Waals surface area contributed by atoms with Crippen LogP contribution in [0.25, 0.3) is 0 Å². The van der Waals surface area contributed by atoms with E-state index >= 15 is 0 Å². The molecule has 0 saturated heterocycles. The minimum absolute atomic E-state index is 0.0540. The monoisotopic (exact) mass is 868 g/mol. The first kappa shape index (κ1) is 48.1. The summed E-state index contributed by atoms with van der Waals surface area (Å²) in [6, 6.07) is 23.4. The number of nitrogens with one attached hydrogen (secondary N) is 4. The van der Waals surface area contributed by atoms with Crippen LogP contribution in [0, 0.1) is 5.41 Å². The van der Waals surface area contributed by atoms with Gasteiger partial charge in [0.15, 0.2) is 11.7 Å². The lowest BCUT2D eigenvalue weighted by molar-refractivity contribution is -0.121. The Morgan fingerprint density at radius 3 is 1.95 bits per heavy atom. The molecule has 4 aromatic rings. The molecule has 332 valence electrons. The Hall–Kier alpha value is -5.56. The van der Waals surface area contributed by atoms with Crippen LogP contribution in [0.15, 0.2) is 91.1 Å². The third-order valence-electron chi connectivity index (χ3n) is 8.23. The average molecular weight is 869 g/mol. The number of carbonyl (C=O) groups excluding carboxylic acids is 2. The number of para-hydroxylation sites is 2. The number of anilines is 1. The average Bonchev–Trinajstić information content (AvgIpc) is 3.71. The van der Waals surface area contributed by atoms with Gasteiger partial charge in [0, 0.05) is 18.7 Å². The molecule has 4 rings (SSSR count). The molecule has 0 aliphatic carbocycles. The van der Waals surface area contributed by atoms with Gasteiger partial charge in [-0.3, -0.25) is 10.2 Å². The van der Waals surface area contributed by atoms with Crippen LogP contribution in [-0.2, 0) is 50.9 Å². The lowest BCUT2D eigenvalue weighted by Gasteiger charge is -2.28. The minimum Gasteiger partial charge on any atom is -0.447 e. The predicted octanol–water partition coefficient (Wildman–Crippen LogP) is 5.25. The number of benzene rings is 3. The van der Waals surface area contributed by atoms with Crippen molar-refractivity contribution in [3.8, 4) is 11.5 Å². The van der Waals surface area contributed by atoms with Crippen molar-refractivity contribution >= 4 is 31.2 Å². The van der Waals surface area contributed by atoms with E-state index in [-0.39, 0.29) is 56.4 Å². The summed E-state index contributed by atoms with van der Waals surface area (Å²) >= 11 is 0. The van der Waals surface area contributed by atoms with Crippen molar-refractivity contribution in [1.29, 1.82) is 5.41 Å². The first-order valence-electron chi connectivity index (χ1n) is 20.0. The second-order valence-electron chi connectivity index (χ2n) is 13.1. The lowest BCUT2D eigenvalue weighted by Crippen LogP contribution is -2.32. The van der Waals surface area contributed by atoms with E-state index in [1.807, 2.05) is 0 Å². The van der Waals surface area contributed by atoms with Crippen LogP contribution in [0.2, 0.25) is 0 Å². The van der Waals surface area contributed by atoms with Crippen molar-refractivity contribution in [2.24, 2.45) is 5.73 Å². The number of ether oxygens (including phenoxy) is 6. The van der Waals surface area contributed by atoms with Crippen LogP contribution >= 0.6 is 7.60 Å². The van der Waals surface area contributed by atoms with E-state index in [2.05, 4.69) is 33.2 Å². The second-order valence-corrected chi connectivity index (χ2v) is 15.1. The molecule has 19 nitrogen and oxygen atoms in total. The van der Waals surface area contributed by atoms with Crippen molar-refractivity contribution in [3.63, 3.8) is 0 Å². The van der Waals surface area contributed by atoms with Crippen LogP contribution in [0.5, 0.6) is 11.5 Å². The highest BCUT2D eigenvalue weighted by atomic mass is 31.2. The third kappa shape index (κ3) is 19.6. The van der Waals surface area contributed by atoms with Gasteiger partial charge >= 0.3 is 13.7 Å². The number of hydrogen-bond donors (Lipinski definition) is 5. The van der Waals surface area contributed by atoms with E-state index in [1.165, 1.54) is 0 Å². The molecule has 3 aromatic carbocycles. The third-order valence-corrected chi connectivity index (χ3v) is 10.2. The summed E-state index contributed by atoms with van der Waals surface area (Å²) in [4.78, 5) is 24.7. The maximum atomic E-state index is 14.7. The molecule has 61 heavy (non-hydrogen) atoms. The van der Waals surface area contributed by atoms with Gasteiger partial charge in [0.1, 0.15) is 23.8 Å². The summed E-state index contributed by atoms with van der Waals surface area (Å²) in [6.45, 7) is 6.38. The zero-order valence-electron chi connectivity index (χ0n) is 34.4. The molecule has 6 N–H and O–H groups in total. The molecule has 1 aromatic heterocycles. The fourth-order valence-electron chi connectivity index (χ4n) is 5.28. The number of nitrogens with two attached hydrogens (primary N) is 1. The van der Waals surface area contributed by atoms with Crippen molar-refractivity contribution < 1.29 is 51.6 Å². The van der Waals surface area contributed by atoms with Crippen LogP contribution < -0.4 is 30.7 Å². The summed E-state index contributed by atoms with van der Waals surface area (Å²) in [7, 11) is -4.27.